The van der Waals surface area contributed by atoms with E-state index in [2.05, 4.69) is 111 Å². The fourth-order valence-corrected chi connectivity index (χ4v) is 8.38. The zero-order chi connectivity index (χ0) is 38.6. The summed E-state index contributed by atoms with van der Waals surface area (Å²) in [7, 11) is 0. The number of nitrogens with one attached hydrogen (secondary N) is 4. The van der Waals surface area contributed by atoms with Gasteiger partial charge in [0.15, 0.2) is 0 Å². The number of H-pyrrole nitrogens is 2. The van der Waals surface area contributed by atoms with Crippen molar-refractivity contribution in [2.24, 2.45) is 34.5 Å². The van der Waals surface area contributed by atoms with Crippen LogP contribution in [0, 0.1) is 34.5 Å². The Kier molecular flexibility index (Phi) is 12.1. The molecular weight excluding hydrogens is 677 g/mol. The lowest BCUT2D eigenvalue weighted by molar-refractivity contribution is -0.131. The Labute approximate surface area is 320 Å². The highest BCUT2D eigenvalue weighted by atomic mass is 16.3. The van der Waals surface area contributed by atoms with Gasteiger partial charge in [0.25, 0.3) is 0 Å². The second-order valence-corrected chi connectivity index (χ2v) is 17.8. The number of benzene rings is 2. The first-order chi connectivity index (χ1) is 25.8. The van der Waals surface area contributed by atoms with E-state index >= 15 is 0 Å². The Morgan fingerprint density at radius 1 is 0.611 bits per heavy atom. The van der Waals surface area contributed by atoms with Crippen molar-refractivity contribution in [1.29, 1.82) is 0 Å². The molecule has 2 aliphatic carbocycles. The van der Waals surface area contributed by atoms with Crippen molar-refractivity contribution in [1.82, 2.24) is 30.6 Å². The summed E-state index contributed by atoms with van der Waals surface area (Å²) in [4.78, 5) is 43.3. The summed E-state index contributed by atoms with van der Waals surface area (Å²) in [6.45, 7) is 12.7. The monoisotopic (exact) mass is 736 g/mol. The summed E-state index contributed by atoms with van der Waals surface area (Å²) in [5.41, 5.74) is 5.39. The van der Waals surface area contributed by atoms with Gasteiger partial charge in [0, 0.05) is 25.0 Å². The van der Waals surface area contributed by atoms with Crippen LogP contribution in [0.25, 0.3) is 33.6 Å². The average Bonchev–Trinajstić information content (AvgIpc) is 3.86. The number of carbonyl (C=O) groups is 2. The average molecular weight is 737 g/mol. The van der Waals surface area contributed by atoms with Crippen LogP contribution in [-0.4, -0.2) is 55.2 Å². The number of hydrogen-bond donors (Lipinski definition) is 6. The topological polar surface area (TPSA) is 156 Å². The van der Waals surface area contributed by atoms with Crippen molar-refractivity contribution in [3.8, 4) is 33.6 Å². The molecule has 6 N–H and O–H groups in total. The van der Waals surface area contributed by atoms with Gasteiger partial charge in [-0.25, -0.2) is 9.97 Å². The Morgan fingerprint density at radius 2 is 0.944 bits per heavy atom. The van der Waals surface area contributed by atoms with E-state index in [9.17, 15) is 19.8 Å². The van der Waals surface area contributed by atoms with Gasteiger partial charge >= 0.3 is 0 Å². The van der Waals surface area contributed by atoms with E-state index in [1.807, 2.05) is 12.4 Å². The number of carbonyl (C=O) groups excluding carboxylic acids is 2. The molecule has 2 amide bonds. The van der Waals surface area contributed by atoms with E-state index in [0.717, 1.165) is 96.7 Å². The third kappa shape index (κ3) is 8.98. The van der Waals surface area contributed by atoms with Crippen LogP contribution in [0.5, 0.6) is 0 Å². The predicted octanol–water partition coefficient (Wildman–Crippen LogP) is 8.14. The van der Waals surface area contributed by atoms with Gasteiger partial charge in [-0.1, -0.05) is 116 Å². The molecule has 2 aromatic heterocycles. The molecule has 6 unspecified atom stereocenters. The molecule has 290 valence electrons. The number of aliphatic hydroxyl groups is 2. The maximum absolute atomic E-state index is 13.4. The number of nitrogens with zero attached hydrogens (tertiary/aromatic N) is 2. The normalized spacial score (nSPS) is 22.0. The van der Waals surface area contributed by atoms with Gasteiger partial charge in [-0.05, 0) is 70.6 Å². The van der Waals surface area contributed by atoms with Crippen LogP contribution in [0.1, 0.15) is 117 Å². The summed E-state index contributed by atoms with van der Waals surface area (Å²) in [5, 5.41) is 26.3. The molecule has 54 heavy (non-hydrogen) atoms. The lowest BCUT2D eigenvalue weighted by atomic mass is 9.78. The molecule has 2 aromatic carbocycles. The van der Waals surface area contributed by atoms with E-state index in [-0.39, 0.29) is 71.6 Å². The van der Waals surface area contributed by atoms with Gasteiger partial charge in [0.05, 0.1) is 35.9 Å². The Morgan fingerprint density at radius 3 is 1.28 bits per heavy atom. The number of imidazole rings is 2. The number of aromatic nitrogens is 4. The standard InChI is InChI=1S/C44H60N6O4/c1-43(2,3)37(49-41(53)33-13-9-7-11-31(33)25-51)39-45-23-35(47-39)29-19-15-27(16-20-29)28-17-21-30(22-18-28)36-24-46-40(48-36)38(44(4,5)6)50-42(54)34-14-10-8-12-32(34)26-52/h15-24,31-34,37-38,51-52H,7-14,25-26H2,1-6H3,(H,45,47)(H,46,48)(H,49,53)(H,50,54). The van der Waals surface area contributed by atoms with Gasteiger partial charge in [0.2, 0.25) is 11.8 Å². The summed E-state index contributed by atoms with van der Waals surface area (Å²) in [6, 6.07) is 16.1. The molecule has 0 bridgehead atoms. The van der Waals surface area contributed by atoms with Crippen molar-refractivity contribution in [3.05, 3.63) is 72.6 Å². The van der Waals surface area contributed by atoms with E-state index in [1.165, 1.54) is 0 Å². The van der Waals surface area contributed by atoms with Crippen LogP contribution >= 0.6 is 0 Å². The molecule has 2 aliphatic rings. The summed E-state index contributed by atoms with van der Waals surface area (Å²) in [6.07, 6.45) is 11.2. The lowest BCUT2D eigenvalue weighted by Crippen LogP contribution is -2.43. The van der Waals surface area contributed by atoms with Crippen molar-refractivity contribution >= 4 is 11.8 Å². The molecule has 0 radical (unpaired) electrons. The number of aliphatic hydroxyl groups excluding tert-OH is 2. The molecule has 0 saturated heterocycles. The second-order valence-electron chi connectivity index (χ2n) is 17.8. The first kappa shape index (κ1) is 39.4. The maximum Gasteiger partial charge on any atom is 0.224 e. The van der Waals surface area contributed by atoms with Crippen molar-refractivity contribution < 1.29 is 19.8 Å². The predicted molar refractivity (Wildman–Crippen MR) is 213 cm³/mol. The summed E-state index contributed by atoms with van der Waals surface area (Å²) in [5.74, 6) is 1.13. The molecule has 10 nitrogen and oxygen atoms in total. The third-order valence-electron chi connectivity index (χ3n) is 11.7. The Balaban J connectivity index is 1.12. The minimum Gasteiger partial charge on any atom is -0.396 e. The van der Waals surface area contributed by atoms with E-state index in [4.69, 9.17) is 9.97 Å². The number of rotatable bonds is 11. The van der Waals surface area contributed by atoms with Crippen LogP contribution in [-0.2, 0) is 9.59 Å². The fourth-order valence-electron chi connectivity index (χ4n) is 8.38. The summed E-state index contributed by atoms with van der Waals surface area (Å²) >= 11 is 0. The number of hydrogen-bond acceptors (Lipinski definition) is 6. The van der Waals surface area contributed by atoms with Gasteiger partial charge in [-0.15, -0.1) is 0 Å². The van der Waals surface area contributed by atoms with E-state index < -0.39 is 0 Å². The maximum atomic E-state index is 13.4. The third-order valence-corrected chi connectivity index (χ3v) is 11.7. The zero-order valence-corrected chi connectivity index (χ0v) is 32.9. The van der Waals surface area contributed by atoms with E-state index in [1.54, 1.807) is 0 Å². The van der Waals surface area contributed by atoms with Crippen LogP contribution < -0.4 is 10.6 Å². The molecule has 0 aliphatic heterocycles. The second kappa shape index (κ2) is 16.6. The lowest BCUT2D eigenvalue weighted by Gasteiger charge is -2.34. The summed E-state index contributed by atoms with van der Waals surface area (Å²) < 4.78 is 0. The van der Waals surface area contributed by atoms with Crippen molar-refractivity contribution in [3.63, 3.8) is 0 Å². The van der Waals surface area contributed by atoms with Gasteiger partial charge < -0.3 is 30.8 Å². The van der Waals surface area contributed by atoms with Gasteiger partial charge in [0.1, 0.15) is 11.6 Å². The first-order valence-corrected chi connectivity index (χ1v) is 19.9. The highest BCUT2D eigenvalue weighted by Gasteiger charge is 2.37. The van der Waals surface area contributed by atoms with Crippen molar-refractivity contribution in [2.45, 2.75) is 105 Å². The zero-order valence-electron chi connectivity index (χ0n) is 32.9. The van der Waals surface area contributed by atoms with Gasteiger partial charge in [-0.2, -0.15) is 0 Å². The smallest absolute Gasteiger partial charge is 0.224 e. The van der Waals surface area contributed by atoms with Crippen LogP contribution in [0.2, 0.25) is 0 Å². The van der Waals surface area contributed by atoms with Crippen LogP contribution in [0.4, 0.5) is 0 Å². The largest absolute Gasteiger partial charge is 0.396 e. The highest BCUT2D eigenvalue weighted by molar-refractivity contribution is 5.80. The number of aromatic amines is 2. The molecule has 2 saturated carbocycles. The SMILES string of the molecule is CC(C)(C)C(NC(=O)C1CCCCC1CO)c1ncc(-c2ccc(-c3ccc(-c4cnc(C(NC(=O)C5CCCCC5CO)C(C)(C)C)[nH]4)cc3)cc2)[nH]1. The molecule has 0 spiro atoms. The number of amides is 2. The van der Waals surface area contributed by atoms with E-state index in [0.29, 0.717) is 0 Å². The first-order valence-electron chi connectivity index (χ1n) is 19.9. The quantitative estimate of drug-likeness (QED) is 0.0913. The molecule has 4 aromatic rings. The van der Waals surface area contributed by atoms with Crippen molar-refractivity contribution in [2.75, 3.05) is 13.2 Å². The van der Waals surface area contributed by atoms with Crippen LogP contribution in [0.3, 0.4) is 0 Å². The minimum atomic E-state index is -0.303. The molecule has 6 rings (SSSR count). The fraction of sp³-hybridized carbons (Fsp3) is 0.545. The Hall–Kier alpha value is -4.28. The molecule has 2 fully saturated rings. The van der Waals surface area contributed by atoms with Gasteiger partial charge in [-0.3, -0.25) is 9.59 Å². The molecule has 10 heteroatoms. The molecule has 2 heterocycles. The highest BCUT2D eigenvalue weighted by Crippen LogP contribution is 2.37. The Bertz CT molecular complexity index is 1710. The molecule has 6 atom stereocenters. The molecular formula is C44H60N6O4. The van der Waals surface area contributed by atoms with Crippen LogP contribution in [0.15, 0.2) is 60.9 Å². The minimum absolute atomic E-state index is 0.0000138.